The molecule has 31 heavy (non-hydrogen) atoms. The van der Waals surface area contributed by atoms with Crippen molar-refractivity contribution < 1.29 is 19.2 Å². The molecule has 2 aromatic carbocycles. The largest absolute Gasteiger partial charge is 0.345 e. The normalized spacial score (nSPS) is 13.5. The maximum atomic E-state index is 12.9. The van der Waals surface area contributed by atoms with Gasteiger partial charge >= 0.3 is 0 Å². The minimum Gasteiger partial charge on any atom is -0.345 e. The number of carbonyl (C=O) groups is 4. The Hall–Kier alpha value is -3.48. The van der Waals surface area contributed by atoms with Gasteiger partial charge < -0.3 is 20.7 Å². The van der Waals surface area contributed by atoms with Gasteiger partial charge in [0.2, 0.25) is 11.8 Å². The summed E-state index contributed by atoms with van der Waals surface area (Å²) in [5.74, 6) is -1.40. The molecular formula is C24H29N3O4. The second kappa shape index (κ2) is 11.6. The number of rotatable bonds is 10. The Morgan fingerprint density at radius 2 is 1.39 bits per heavy atom. The Morgan fingerprint density at radius 3 is 1.94 bits per heavy atom. The first-order chi connectivity index (χ1) is 14.8. The van der Waals surface area contributed by atoms with E-state index in [0.717, 1.165) is 5.56 Å². The Morgan fingerprint density at radius 1 is 0.806 bits per heavy atom. The maximum Gasteiger partial charge on any atom is 0.251 e. The number of aldehydes is 1. The summed E-state index contributed by atoms with van der Waals surface area (Å²) < 4.78 is 0. The van der Waals surface area contributed by atoms with E-state index in [1.807, 2.05) is 44.2 Å². The van der Waals surface area contributed by atoms with Crippen LogP contribution in [0.15, 0.2) is 60.7 Å². The zero-order valence-electron chi connectivity index (χ0n) is 18.0. The van der Waals surface area contributed by atoms with Gasteiger partial charge in [0.1, 0.15) is 18.4 Å². The monoisotopic (exact) mass is 423 g/mol. The van der Waals surface area contributed by atoms with E-state index in [9.17, 15) is 19.2 Å². The lowest BCUT2D eigenvalue weighted by molar-refractivity contribution is -0.130. The molecule has 7 heteroatoms. The molecule has 0 aliphatic carbocycles. The van der Waals surface area contributed by atoms with Gasteiger partial charge in [-0.25, -0.2) is 0 Å². The van der Waals surface area contributed by atoms with Crippen molar-refractivity contribution in [2.75, 3.05) is 0 Å². The highest BCUT2D eigenvalue weighted by atomic mass is 16.2. The molecule has 0 spiro atoms. The molecule has 3 N–H and O–H groups in total. The smallest absolute Gasteiger partial charge is 0.251 e. The average molecular weight is 424 g/mol. The SMILES string of the molecule is CC(C)[C@@H](C=O)NC(=O)[C@H](C)NC(=O)[C@H](Cc1ccccc1)NC(=O)c1ccccc1. The lowest BCUT2D eigenvalue weighted by Gasteiger charge is -2.23. The standard InChI is InChI=1S/C24H29N3O4/c1-16(2)21(15-28)27-22(29)17(3)25-24(31)20(14-18-10-6-4-7-11-18)26-23(30)19-12-8-5-9-13-19/h4-13,15-17,20-21H,14H2,1-3H3,(H,25,31)(H,26,30)(H,27,29)/t17-,20-,21+/m0/s1. The quantitative estimate of drug-likeness (QED) is 0.508. The zero-order valence-corrected chi connectivity index (χ0v) is 18.0. The van der Waals surface area contributed by atoms with Gasteiger partial charge in [-0.05, 0) is 30.5 Å². The number of nitrogens with one attached hydrogen (secondary N) is 3. The summed E-state index contributed by atoms with van der Waals surface area (Å²) in [6.45, 7) is 5.17. The van der Waals surface area contributed by atoms with Crippen molar-refractivity contribution in [1.29, 1.82) is 0 Å². The van der Waals surface area contributed by atoms with Crippen molar-refractivity contribution in [2.24, 2.45) is 5.92 Å². The molecule has 3 amide bonds. The highest BCUT2D eigenvalue weighted by Gasteiger charge is 2.26. The van der Waals surface area contributed by atoms with E-state index in [1.165, 1.54) is 6.92 Å². The van der Waals surface area contributed by atoms with Gasteiger partial charge in [0.25, 0.3) is 5.91 Å². The highest BCUT2D eigenvalue weighted by Crippen LogP contribution is 2.06. The van der Waals surface area contributed by atoms with Crippen LogP contribution in [0.2, 0.25) is 0 Å². The van der Waals surface area contributed by atoms with Crippen molar-refractivity contribution in [3.8, 4) is 0 Å². The summed E-state index contributed by atoms with van der Waals surface area (Å²) in [5, 5.41) is 8.02. The first-order valence-electron chi connectivity index (χ1n) is 10.3. The van der Waals surface area contributed by atoms with Crippen molar-refractivity contribution in [1.82, 2.24) is 16.0 Å². The van der Waals surface area contributed by atoms with Crippen LogP contribution in [0.4, 0.5) is 0 Å². The Kier molecular flexibility index (Phi) is 8.94. The predicted octanol–water partition coefficient (Wildman–Crippen LogP) is 1.87. The van der Waals surface area contributed by atoms with Crippen LogP contribution in [0.25, 0.3) is 0 Å². The van der Waals surface area contributed by atoms with Crippen LogP contribution in [0.3, 0.4) is 0 Å². The van der Waals surface area contributed by atoms with E-state index in [1.54, 1.807) is 30.3 Å². The molecule has 2 aromatic rings. The summed E-state index contributed by atoms with van der Waals surface area (Å²) >= 11 is 0. The van der Waals surface area contributed by atoms with Gasteiger partial charge in [0.05, 0.1) is 6.04 Å². The van der Waals surface area contributed by atoms with Crippen LogP contribution in [0.5, 0.6) is 0 Å². The maximum absolute atomic E-state index is 12.9. The first kappa shape index (κ1) is 23.8. The van der Waals surface area contributed by atoms with Crippen LogP contribution < -0.4 is 16.0 Å². The van der Waals surface area contributed by atoms with Crippen molar-refractivity contribution in [2.45, 2.75) is 45.3 Å². The molecule has 0 fully saturated rings. The van der Waals surface area contributed by atoms with Crippen LogP contribution in [-0.2, 0) is 20.8 Å². The number of amides is 3. The van der Waals surface area contributed by atoms with Gasteiger partial charge in [-0.1, -0.05) is 62.4 Å². The molecule has 164 valence electrons. The van der Waals surface area contributed by atoms with Crippen LogP contribution in [0, 0.1) is 5.92 Å². The summed E-state index contributed by atoms with van der Waals surface area (Å²) in [5.41, 5.74) is 1.30. The molecule has 0 bridgehead atoms. The number of hydrogen-bond donors (Lipinski definition) is 3. The lowest BCUT2D eigenvalue weighted by atomic mass is 10.0. The third-order valence-electron chi connectivity index (χ3n) is 4.87. The van der Waals surface area contributed by atoms with Crippen LogP contribution in [-0.4, -0.2) is 42.1 Å². The molecule has 7 nitrogen and oxygen atoms in total. The lowest BCUT2D eigenvalue weighted by Crippen LogP contribution is -2.55. The predicted molar refractivity (Wildman–Crippen MR) is 118 cm³/mol. The Balaban J connectivity index is 2.10. The first-order valence-corrected chi connectivity index (χ1v) is 10.3. The summed E-state index contributed by atoms with van der Waals surface area (Å²) in [6, 6.07) is 15.5. The Labute approximate surface area is 182 Å². The fraction of sp³-hybridized carbons (Fsp3) is 0.333. The van der Waals surface area contributed by atoms with E-state index in [0.29, 0.717) is 11.8 Å². The second-order valence-corrected chi connectivity index (χ2v) is 7.73. The molecule has 0 heterocycles. The van der Waals surface area contributed by atoms with Gasteiger partial charge in [-0.15, -0.1) is 0 Å². The average Bonchev–Trinajstić information content (AvgIpc) is 2.77. The summed E-state index contributed by atoms with van der Waals surface area (Å²) in [6.07, 6.45) is 0.942. The van der Waals surface area contributed by atoms with Crippen LogP contribution >= 0.6 is 0 Å². The second-order valence-electron chi connectivity index (χ2n) is 7.73. The van der Waals surface area contributed by atoms with E-state index < -0.39 is 29.9 Å². The van der Waals surface area contributed by atoms with Crippen LogP contribution in [0.1, 0.15) is 36.7 Å². The van der Waals surface area contributed by atoms with Crippen molar-refractivity contribution in [3.63, 3.8) is 0 Å². The minimum absolute atomic E-state index is 0.0691. The van der Waals surface area contributed by atoms with E-state index in [-0.39, 0.29) is 18.2 Å². The fourth-order valence-corrected chi connectivity index (χ4v) is 2.92. The van der Waals surface area contributed by atoms with Crippen molar-refractivity contribution >= 4 is 24.0 Å². The number of carbonyl (C=O) groups excluding carboxylic acids is 4. The molecule has 0 saturated carbocycles. The molecule has 0 aromatic heterocycles. The van der Waals surface area contributed by atoms with E-state index in [4.69, 9.17) is 0 Å². The molecule has 0 aliphatic rings. The molecule has 3 atom stereocenters. The topological polar surface area (TPSA) is 104 Å². The van der Waals surface area contributed by atoms with Crippen molar-refractivity contribution in [3.05, 3.63) is 71.8 Å². The number of hydrogen-bond acceptors (Lipinski definition) is 4. The molecule has 0 saturated heterocycles. The van der Waals surface area contributed by atoms with E-state index in [2.05, 4.69) is 16.0 Å². The molecule has 2 rings (SSSR count). The van der Waals surface area contributed by atoms with Gasteiger partial charge in [-0.2, -0.15) is 0 Å². The molecule has 0 unspecified atom stereocenters. The zero-order chi connectivity index (χ0) is 22.8. The molecule has 0 aliphatic heterocycles. The summed E-state index contributed by atoms with van der Waals surface area (Å²) in [7, 11) is 0. The summed E-state index contributed by atoms with van der Waals surface area (Å²) in [4.78, 5) is 49.1. The van der Waals surface area contributed by atoms with E-state index >= 15 is 0 Å². The highest BCUT2D eigenvalue weighted by molar-refractivity contribution is 5.98. The third-order valence-corrected chi connectivity index (χ3v) is 4.87. The Bertz CT molecular complexity index is 884. The third kappa shape index (κ3) is 7.37. The number of benzene rings is 2. The van der Waals surface area contributed by atoms with Gasteiger partial charge in [0, 0.05) is 12.0 Å². The van der Waals surface area contributed by atoms with Gasteiger partial charge in [-0.3, -0.25) is 14.4 Å². The van der Waals surface area contributed by atoms with Gasteiger partial charge in [0.15, 0.2) is 0 Å². The fourth-order valence-electron chi connectivity index (χ4n) is 2.92. The molecular weight excluding hydrogens is 394 g/mol. The minimum atomic E-state index is -0.877. The molecule has 0 radical (unpaired) electrons.